The van der Waals surface area contributed by atoms with Crippen LogP contribution >= 0.6 is 0 Å². The van der Waals surface area contributed by atoms with Crippen LogP contribution in [0.3, 0.4) is 0 Å². The summed E-state index contributed by atoms with van der Waals surface area (Å²) in [5.74, 6) is 2.26. The average molecular weight is 462 g/mol. The highest BCUT2D eigenvalue weighted by atomic mass is 16.3. The SMILES string of the molecule is O=C1NC(Cc2ccccc2)C(=O)N1CC(=O)N(Cc1ccco1)C12CC3CC(CC(C3)C1)C2. The molecule has 2 heterocycles. The first-order chi connectivity index (χ1) is 16.5. The average Bonchev–Trinajstić information content (AvgIpc) is 3.41. The number of carbonyl (C=O) groups excluding carboxylic acids is 3. The Morgan fingerprint density at radius 3 is 2.29 bits per heavy atom. The molecule has 4 amide bonds. The van der Waals surface area contributed by atoms with Crippen LogP contribution in [-0.4, -0.2) is 45.8 Å². The zero-order chi connectivity index (χ0) is 23.3. The van der Waals surface area contributed by atoms with Crippen molar-refractivity contribution in [3.8, 4) is 0 Å². The van der Waals surface area contributed by atoms with E-state index in [1.807, 2.05) is 47.4 Å². The quantitative estimate of drug-likeness (QED) is 0.637. The number of amides is 4. The second-order valence-electron chi connectivity index (χ2n) is 10.8. The Bertz CT molecular complexity index is 1050. The van der Waals surface area contributed by atoms with E-state index in [0.29, 0.717) is 30.7 Å². The first kappa shape index (κ1) is 21.4. The van der Waals surface area contributed by atoms with Gasteiger partial charge in [-0.1, -0.05) is 30.3 Å². The number of hydrogen-bond donors (Lipinski definition) is 1. The van der Waals surface area contributed by atoms with Crippen LogP contribution in [0.2, 0.25) is 0 Å². The molecule has 1 aliphatic heterocycles. The highest BCUT2D eigenvalue weighted by Crippen LogP contribution is 2.58. The Labute approximate surface area is 199 Å². The lowest BCUT2D eigenvalue weighted by Crippen LogP contribution is -2.62. The zero-order valence-corrected chi connectivity index (χ0v) is 19.3. The van der Waals surface area contributed by atoms with Crippen LogP contribution in [0.1, 0.15) is 49.8 Å². The molecule has 4 saturated carbocycles. The smallest absolute Gasteiger partial charge is 0.325 e. The van der Waals surface area contributed by atoms with Gasteiger partial charge in [0.2, 0.25) is 5.91 Å². The number of nitrogens with zero attached hydrogens (tertiary/aromatic N) is 2. The van der Waals surface area contributed by atoms with Crippen molar-refractivity contribution < 1.29 is 18.8 Å². The molecule has 1 unspecified atom stereocenters. The molecule has 0 radical (unpaired) electrons. The van der Waals surface area contributed by atoms with Gasteiger partial charge in [0.25, 0.3) is 5.91 Å². The van der Waals surface area contributed by atoms with Crippen molar-refractivity contribution in [1.82, 2.24) is 15.1 Å². The van der Waals surface area contributed by atoms with Gasteiger partial charge in [-0.2, -0.15) is 0 Å². The van der Waals surface area contributed by atoms with E-state index in [1.165, 1.54) is 19.3 Å². The number of imide groups is 1. The van der Waals surface area contributed by atoms with Crippen molar-refractivity contribution in [2.24, 2.45) is 17.8 Å². The Hall–Kier alpha value is -3.09. The van der Waals surface area contributed by atoms with Gasteiger partial charge in [-0.05, 0) is 74.0 Å². The maximum atomic E-state index is 13.8. The van der Waals surface area contributed by atoms with Crippen molar-refractivity contribution in [1.29, 1.82) is 0 Å². The summed E-state index contributed by atoms with van der Waals surface area (Å²) in [6.07, 6.45) is 8.92. The first-order valence-corrected chi connectivity index (χ1v) is 12.5. The summed E-state index contributed by atoms with van der Waals surface area (Å²) in [6.45, 7) is 0.160. The van der Waals surface area contributed by atoms with Crippen LogP contribution < -0.4 is 5.32 Å². The third kappa shape index (κ3) is 3.81. The Kier molecular flexibility index (Phi) is 5.23. The normalized spacial score (nSPS) is 31.7. The number of carbonyl (C=O) groups is 3. The molecule has 1 aromatic carbocycles. The minimum Gasteiger partial charge on any atom is -0.467 e. The van der Waals surface area contributed by atoms with Gasteiger partial charge < -0.3 is 14.6 Å². The standard InChI is InChI=1S/C27H31N3O4/c31-24(17-29-25(32)23(28-26(29)33)12-18-5-2-1-3-6-18)30(16-22-7-4-8-34-22)27-13-19-9-20(14-27)11-21(10-19)15-27/h1-8,19-21,23H,9-17H2,(H,28,33). The predicted molar refractivity (Wildman–Crippen MR) is 124 cm³/mol. The van der Waals surface area contributed by atoms with Gasteiger partial charge in [-0.25, -0.2) is 4.79 Å². The van der Waals surface area contributed by atoms with Gasteiger partial charge in [0.15, 0.2) is 0 Å². The third-order valence-electron chi connectivity index (χ3n) is 8.46. The Morgan fingerprint density at radius 1 is 1.00 bits per heavy atom. The van der Waals surface area contributed by atoms with E-state index in [9.17, 15) is 14.4 Å². The van der Waals surface area contributed by atoms with Crippen molar-refractivity contribution in [2.45, 2.75) is 63.1 Å². The lowest BCUT2D eigenvalue weighted by atomic mass is 9.52. The van der Waals surface area contributed by atoms with Crippen molar-refractivity contribution in [2.75, 3.05) is 6.54 Å². The van der Waals surface area contributed by atoms with Crippen LogP contribution in [0, 0.1) is 17.8 Å². The highest BCUT2D eigenvalue weighted by Gasteiger charge is 2.55. The van der Waals surface area contributed by atoms with E-state index in [4.69, 9.17) is 4.42 Å². The van der Waals surface area contributed by atoms with Gasteiger partial charge in [0, 0.05) is 12.0 Å². The molecular formula is C27H31N3O4. The molecule has 1 N–H and O–H groups in total. The lowest BCUT2D eigenvalue weighted by Gasteiger charge is -2.60. The number of hydrogen-bond acceptors (Lipinski definition) is 4. The summed E-state index contributed by atoms with van der Waals surface area (Å²) >= 11 is 0. The number of rotatable bonds is 7. The van der Waals surface area contributed by atoms with Crippen LogP contribution in [0.25, 0.3) is 0 Å². The number of benzene rings is 1. The fourth-order valence-corrected chi connectivity index (χ4v) is 7.41. The molecule has 4 aliphatic carbocycles. The summed E-state index contributed by atoms with van der Waals surface area (Å²) in [6, 6.07) is 12.2. The van der Waals surface area contributed by atoms with E-state index in [-0.39, 0.29) is 23.9 Å². The molecule has 2 aromatic rings. The van der Waals surface area contributed by atoms with Crippen molar-refractivity contribution in [3.63, 3.8) is 0 Å². The monoisotopic (exact) mass is 461 g/mol. The summed E-state index contributed by atoms with van der Waals surface area (Å²) in [5, 5.41) is 2.78. The molecule has 4 bridgehead atoms. The maximum Gasteiger partial charge on any atom is 0.325 e. The minimum absolute atomic E-state index is 0.165. The molecule has 5 aliphatic rings. The van der Waals surface area contributed by atoms with Crippen molar-refractivity contribution >= 4 is 17.8 Å². The molecule has 7 rings (SSSR count). The number of urea groups is 1. The van der Waals surface area contributed by atoms with Gasteiger partial charge in [0.1, 0.15) is 18.3 Å². The van der Waals surface area contributed by atoms with E-state index >= 15 is 0 Å². The fraction of sp³-hybridized carbons (Fsp3) is 0.519. The van der Waals surface area contributed by atoms with Gasteiger partial charge in [-0.3, -0.25) is 14.5 Å². The van der Waals surface area contributed by atoms with Gasteiger partial charge in [-0.15, -0.1) is 0 Å². The number of furan rings is 1. The third-order valence-corrected chi connectivity index (χ3v) is 8.46. The second kappa shape index (κ2) is 8.29. The van der Waals surface area contributed by atoms with E-state index in [2.05, 4.69) is 5.32 Å². The first-order valence-electron chi connectivity index (χ1n) is 12.5. The fourth-order valence-electron chi connectivity index (χ4n) is 7.41. The highest BCUT2D eigenvalue weighted by molar-refractivity contribution is 6.06. The summed E-state index contributed by atoms with van der Waals surface area (Å²) < 4.78 is 5.62. The molecular weight excluding hydrogens is 430 g/mol. The lowest BCUT2D eigenvalue weighted by molar-refractivity contribution is -0.155. The Balaban J connectivity index is 1.22. The van der Waals surface area contributed by atoms with Gasteiger partial charge in [0.05, 0.1) is 12.8 Å². The molecule has 34 heavy (non-hydrogen) atoms. The molecule has 1 saturated heterocycles. The van der Waals surface area contributed by atoms with Crippen LogP contribution in [0.4, 0.5) is 4.79 Å². The molecule has 5 fully saturated rings. The van der Waals surface area contributed by atoms with Crippen LogP contribution in [0.5, 0.6) is 0 Å². The second-order valence-corrected chi connectivity index (χ2v) is 10.8. The molecule has 0 spiro atoms. The Morgan fingerprint density at radius 2 is 1.68 bits per heavy atom. The molecule has 1 atom stereocenters. The summed E-state index contributed by atoms with van der Waals surface area (Å²) in [4.78, 5) is 42.7. The minimum atomic E-state index is -0.638. The summed E-state index contributed by atoms with van der Waals surface area (Å²) in [7, 11) is 0. The maximum absolute atomic E-state index is 13.8. The van der Waals surface area contributed by atoms with E-state index in [0.717, 1.165) is 35.5 Å². The van der Waals surface area contributed by atoms with Crippen LogP contribution in [-0.2, 0) is 22.6 Å². The topological polar surface area (TPSA) is 82.9 Å². The summed E-state index contributed by atoms with van der Waals surface area (Å²) in [5.41, 5.74) is 0.781. The predicted octanol–water partition coefficient (Wildman–Crippen LogP) is 3.74. The molecule has 7 heteroatoms. The van der Waals surface area contributed by atoms with Crippen molar-refractivity contribution in [3.05, 3.63) is 60.1 Å². The molecule has 7 nitrogen and oxygen atoms in total. The van der Waals surface area contributed by atoms with Crippen LogP contribution in [0.15, 0.2) is 53.1 Å². The molecule has 178 valence electrons. The van der Waals surface area contributed by atoms with E-state index < -0.39 is 12.1 Å². The van der Waals surface area contributed by atoms with E-state index in [1.54, 1.807) is 6.26 Å². The van der Waals surface area contributed by atoms with Gasteiger partial charge >= 0.3 is 6.03 Å². The largest absolute Gasteiger partial charge is 0.467 e. The number of nitrogens with one attached hydrogen (secondary N) is 1. The molecule has 1 aromatic heterocycles. The zero-order valence-electron chi connectivity index (χ0n) is 19.3.